The molecule has 2 heterocycles. The Balaban J connectivity index is 1.25. The van der Waals surface area contributed by atoms with Crippen LogP contribution < -0.4 is 0 Å². The first-order valence-corrected chi connectivity index (χ1v) is 10.6. The fourth-order valence-electron chi connectivity index (χ4n) is 4.22. The average molecular weight is 413 g/mol. The number of nitrogens with zero attached hydrogens (tertiary/aromatic N) is 1. The summed E-state index contributed by atoms with van der Waals surface area (Å²) in [4.78, 5) is 14.1. The number of hydrogen-bond acceptors (Lipinski definition) is 4. The molecule has 160 valence electrons. The molecule has 2 aliphatic rings. The molecule has 0 unspecified atom stereocenters. The van der Waals surface area contributed by atoms with E-state index in [1.165, 1.54) is 12.1 Å². The van der Waals surface area contributed by atoms with E-state index < -0.39 is 5.79 Å². The van der Waals surface area contributed by atoms with Crippen LogP contribution in [0.3, 0.4) is 0 Å². The van der Waals surface area contributed by atoms with E-state index in [1.54, 1.807) is 17.0 Å². The molecule has 0 radical (unpaired) electrons. The maximum Gasteiger partial charge on any atom is 0.410 e. The predicted octanol–water partition coefficient (Wildman–Crippen LogP) is 4.85. The van der Waals surface area contributed by atoms with Gasteiger partial charge in [-0.25, -0.2) is 9.18 Å². The molecule has 2 saturated heterocycles. The Hall–Kier alpha value is -2.44. The quantitative estimate of drug-likeness (QED) is 0.679. The Morgan fingerprint density at radius 2 is 1.70 bits per heavy atom. The van der Waals surface area contributed by atoms with Gasteiger partial charge in [-0.15, -0.1) is 0 Å². The zero-order valence-electron chi connectivity index (χ0n) is 17.1. The van der Waals surface area contributed by atoms with E-state index in [0.717, 1.165) is 36.8 Å². The number of piperidine rings is 1. The minimum atomic E-state index is -0.778. The van der Waals surface area contributed by atoms with E-state index in [1.807, 2.05) is 30.3 Å². The molecule has 0 aliphatic carbocycles. The third-order valence-electron chi connectivity index (χ3n) is 6.00. The molecule has 0 aromatic heterocycles. The van der Waals surface area contributed by atoms with E-state index in [4.69, 9.17) is 14.2 Å². The molecule has 0 spiro atoms. The first-order valence-electron chi connectivity index (χ1n) is 10.6. The summed E-state index contributed by atoms with van der Waals surface area (Å²) in [7, 11) is 0. The fourth-order valence-corrected chi connectivity index (χ4v) is 4.22. The van der Waals surface area contributed by atoms with Crippen LogP contribution >= 0.6 is 0 Å². The van der Waals surface area contributed by atoms with Gasteiger partial charge in [0.2, 0.25) is 0 Å². The van der Waals surface area contributed by atoms with Crippen molar-refractivity contribution in [2.24, 2.45) is 5.92 Å². The van der Waals surface area contributed by atoms with Crippen molar-refractivity contribution < 1.29 is 23.4 Å². The Kier molecular flexibility index (Phi) is 6.65. The molecule has 0 bridgehead atoms. The molecular formula is C24H28FNO4. The zero-order valence-corrected chi connectivity index (χ0v) is 17.1. The Labute approximate surface area is 176 Å². The lowest BCUT2D eigenvalue weighted by molar-refractivity contribution is -0.173. The highest BCUT2D eigenvalue weighted by Crippen LogP contribution is 2.38. The van der Waals surface area contributed by atoms with Gasteiger partial charge in [-0.3, -0.25) is 0 Å². The number of hydrogen-bond donors (Lipinski definition) is 0. The summed E-state index contributed by atoms with van der Waals surface area (Å²) < 4.78 is 30.7. The van der Waals surface area contributed by atoms with Gasteiger partial charge >= 0.3 is 6.09 Å². The monoisotopic (exact) mass is 413 g/mol. The molecule has 2 aromatic rings. The molecule has 5 nitrogen and oxygen atoms in total. The summed E-state index contributed by atoms with van der Waals surface area (Å²) in [6.07, 6.45) is 3.27. The van der Waals surface area contributed by atoms with Crippen LogP contribution in [-0.2, 0) is 26.6 Å². The minimum Gasteiger partial charge on any atom is -0.445 e. The third-order valence-corrected chi connectivity index (χ3v) is 6.00. The van der Waals surface area contributed by atoms with E-state index in [0.29, 0.717) is 38.8 Å². The van der Waals surface area contributed by atoms with Crippen LogP contribution in [0.15, 0.2) is 54.6 Å². The number of likely N-dealkylation sites (tertiary alicyclic amines) is 1. The third kappa shape index (κ3) is 4.99. The van der Waals surface area contributed by atoms with E-state index in [-0.39, 0.29) is 11.9 Å². The van der Waals surface area contributed by atoms with E-state index in [9.17, 15) is 9.18 Å². The fraction of sp³-hybridized carbons (Fsp3) is 0.458. The lowest BCUT2D eigenvalue weighted by Crippen LogP contribution is -2.39. The Morgan fingerprint density at radius 1 is 1.03 bits per heavy atom. The summed E-state index contributed by atoms with van der Waals surface area (Å²) in [6, 6.07) is 16.1. The lowest BCUT2D eigenvalue weighted by atomic mass is 9.88. The van der Waals surface area contributed by atoms with Crippen LogP contribution in [-0.4, -0.2) is 37.3 Å². The van der Waals surface area contributed by atoms with Gasteiger partial charge in [0, 0.05) is 25.1 Å². The van der Waals surface area contributed by atoms with Gasteiger partial charge < -0.3 is 19.1 Å². The lowest BCUT2D eigenvalue weighted by Gasteiger charge is -2.34. The highest BCUT2D eigenvalue weighted by Gasteiger charge is 2.39. The van der Waals surface area contributed by atoms with Gasteiger partial charge in [0.25, 0.3) is 0 Å². The van der Waals surface area contributed by atoms with Gasteiger partial charge in [-0.2, -0.15) is 0 Å². The minimum absolute atomic E-state index is 0.248. The summed E-state index contributed by atoms with van der Waals surface area (Å²) in [5.74, 6) is -0.550. The Morgan fingerprint density at radius 3 is 2.37 bits per heavy atom. The molecule has 0 saturated carbocycles. The van der Waals surface area contributed by atoms with Crippen LogP contribution in [0.4, 0.5) is 9.18 Å². The maximum atomic E-state index is 13.3. The number of carbonyl (C=O) groups is 1. The Bertz CT molecular complexity index is 813. The highest BCUT2D eigenvalue weighted by atomic mass is 19.1. The van der Waals surface area contributed by atoms with E-state index in [2.05, 4.69) is 0 Å². The highest BCUT2D eigenvalue weighted by molar-refractivity contribution is 5.67. The topological polar surface area (TPSA) is 48.0 Å². The number of carbonyl (C=O) groups excluding carboxylic acids is 1. The van der Waals surface area contributed by atoms with Gasteiger partial charge in [0.15, 0.2) is 5.79 Å². The second-order valence-corrected chi connectivity index (χ2v) is 7.97. The van der Waals surface area contributed by atoms with Gasteiger partial charge in [-0.1, -0.05) is 42.5 Å². The average Bonchev–Trinajstić information content (AvgIpc) is 3.28. The normalized spacial score (nSPS) is 19.0. The molecular weight excluding hydrogens is 385 g/mol. The van der Waals surface area contributed by atoms with Crippen molar-refractivity contribution >= 4 is 6.09 Å². The molecule has 2 aromatic carbocycles. The van der Waals surface area contributed by atoms with E-state index >= 15 is 0 Å². The molecule has 30 heavy (non-hydrogen) atoms. The number of amides is 1. The number of ether oxygens (including phenoxy) is 3. The largest absolute Gasteiger partial charge is 0.445 e. The van der Waals surface area contributed by atoms with Crippen LogP contribution in [0.5, 0.6) is 0 Å². The van der Waals surface area contributed by atoms with Crippen molar-refractivity contribution in [2.75, 3.05) is 26.3 Å². The second kappa shape index (κ2) is 9.58. The number of rotatable bonds is 6. The van der Waals surface area contributed by atoms with Gasteiger partial charge in [-0.05, 0) is 42.9 Å². The summed E-state index contributed by atoms with van der Waals surface area (Å²) in [5.41, 5.74) is 1.85. The SMILES string of the molecule is O=C(OCc1ccccc1)N1CCC(CCC2(c3ccc(F)cc3)OCCO2)CC1. The molecule has 1 amide bonds. The standard InChI is InChI=1S/C24H28FNO4/c25-22-8-6-21(7-9-22)24(29-16-17-30-24)13-10-19-11-14-26(15-12-19)23(27)28-18-20-4-2-1-3-5-20/h1-9,19H,10-18H2. The predicted molar refractivity (Wildman–Crippen MR) is 110 cm³/mol. The maximum absolute atomic E-state index is 13.3. The van der Waals surface area contributed by atoms with Crippen molar-refractivity contribution in [1.29, 1.82) is 0 Å². The molecule has 0 atom stereocenters. The molecule has 6 heteroatoms. The van der Waals surface area contributed by atoms with Crippen molar-refractivity contribution in [2.45, 2.75) is 38.1 Å². The summed E-state index contributed by atoms with van der Waals surface area (Å²) >= 11 is 0. The summed E-state index contributed by atoms with van der Waals surface area (Å²) in [6.45, 7) is 2.79. The van der Waals surface area contributed by atoms with Crippen molar-refractivity contribution in [3.05, 3.63) is 71.5 Å². The van der Waals surface area contributed by atoms with Gasteiger partial charge in [0.05, 0.1) is 13.2 Å². The van der Waals surface area contributed by atoms with Crippen molar-refractivity contribution in [3.8, 4) is 0 Å². The van der Waals surface area contributed by atoms with Gasteiger partial charge in [0.1, 0.15) is 12.4 Å². The smallest absolute Gasteiger partial charge is 0.410 e. The van der Waals surface area contributed by atoms with Crippen molar-refractivity contribution in [1.82, 2.24) is 4.90 Å². The van der Waals surface area contributed by atoms with Crippen LogP contribution in [0.25, 0.3) is 0 Å². The molecule has 2 aliphatic heterocycles. The van der Waals surface area contributed by atoms with Crippen LogP contribution in [0.2, 0.25) is 0 Å². The molecule has 0 N–H and O–H groups in total. The number of benzene rings is 2. The molecule has 4 rings (SSSR count). The van der Waals surface area contributed by atoms with Crippen LogP contribution in [0, 0.1) is 11.7 Å². The second-order valence-electron chi connectivity index (χ2n) is 7.97. The molecule has 2 fully saturated rings. The summed E-state index contributed by atoms with van der Waals surface area (Å²) in [5, 5.41) is 0. The zero-order chi connectivity index (χ0) is 20.8. The first-order chi connectivity index (χ1) is 14.6. The van der Waals surface area contributed by atoms with Crippen LogP contribution in [0.1, 0.15) is 36.8 Å². The first kappa shape index (κ1) is 20.8. The number of halogens is 1. The van der Waals surface area contributed by atoms with Crippen molar-refractivity contribution in [3.63, 3.8) is 0 Å².